The minimum atomic E-state index is 0.608. The molecule has 0 saturated heterocycles. The monoisotopic (exact) mass is 730 g/mol. The van der Waals surface area contributed by atoms with Gasteiger partial charge in [-0.25, -0.2) is 4.98 Å². The first kappa shape index (κ1) is 32.7. The molecular weight excluding hydrogens is 697 g/mol. The van der Waals surface area contributed by atoms with E-state index in [2.05, 4.69) is 169 Å². The van der Waals surface area contributed by atoms with Crippen molar-refractivity contribution in [1.29, 1.82) is 0 Å². The highest BCUT2D eigenvalue weighted by Crippen LogP contribution is 2.40. The Labute approximate surface area is 329 Å². The molecule has 268 valence electrons. The molecule has 9 aromatic carbocycles. The maximum Gasteiger partial charge on any atom is 0.227 e. The van der Waals surface area contributed by atoms with Gasteiger partial charge >= 0.3 is 0 Å². The number of nitrogens with zero attached hydrogens (tertiary/aromatic N) is 2. The molecule has 4 heteroatoms. The van der Waals surface area contributed by atoms with Crippen LogP contribution in [0.2, 0.25) is 0 Å². The van der Waals surface area contributed by atoms with Gasteiger partial charge in [-0.15, -0.1) is 0 Å². The molecule has 0 saturated carbocycles. The van der Waals surface area contributed by atoms with Crippen molar-refractivity contribution in [3.8, 4) is 45.0 Å². The molecule has 0 aliphatic rings. The summed E-state index contributed by atoms with van der Waals surface area (Å²) in [6.45, 7) is 0. The van der Waals surface area contributed by atoms with Crippen LogP contribution in [0.25, 0.3) is 88.6 Å². The number of hydrogen-bond donors (Lipinski definition) is 0. The van der Waals surface area contributed by atoms with Crippen molar-refractivity contribution in [2.75, 3.05) is 4.90 Å². The van der Waals surface area contributed by atoms with Gasteiger partial charge in [0, 0.05) is 33.6 Å². The molecule has 0 N–H and O–H groups in total. The van der Waals surface area contributed by atoms with E-state index in [0.717, 1.165) is 67.1 Å². The molecule has 0 atom stereocenters. The molecule has 0 radical (unpaired) electrons. The van der Waals surface area contributed by atoms with Crippen molar-refractivity contribution in [2.45, 2.75) is 0 Å². The first-order valence-electron chi connectivity index (χ1n) is 19.2. The van der Waals surface area contributed by atoms with Crippen molar-refractivity contribution in [2.24, 2.45) is 0 Å². The predicted octanol–water partition coefficient (Wildman–Crippen LogP) is 15.0. The lowest BCUT2D eigenvalue weighted by Crippen LogP contribution is -2.09. The van der Waals surface area contributed by atoms with Gasteiger partial charge in [-0.05, 0) is 123 Å². The van der Waals surface area contributed by atoms with Crippen molar-refractivity contribution < 1.29 is 8.83 Å². The molecule has 0 amide bonds. The average Bonchev–Trinajstić information content (AvgIpc) is 3.93. The van der Waals surface area contributed by atoms with Crippen LogP contribution in [-0.2, 0) is 0 Å². The second-order valence-corrected chi connectivity index (χ2v) is 14.4. The van der Waals surface area contributed by atoms with Gasteiger partial charge in [0.15, 0.2) is 5.58 Å². The van der Waals surface area contributed by atoms with Crippen LogP contribution in [0.1, 0.15) is 0 Å². The van der Waals surface area contributed by atoms with Gasteiger partial charge in [0.2, 0.25) is 5.89 Å². The van der Waals surface area contributed by atoms with Crippen LogP contribution in [0.15, 0.2) is 215 Å². The SMILES string of the molecule is c1ccc2oc(-c3ccc(-c4ccc(N(c5ccc(-c6nc7ccccc7o6)cc5)c5ccc(-c6cc7ccccc7c7ccccc67)cc5)cc4)cc3)cc2c1. The number of rotatable bonds is 7. The number of oxazole rings is 1. The fraction of sp³-hybridized carbons (Fsp3) is 0. The number of fused-ring (bicyclic) bond motifs is 5. The van der Waals surface area contributed by atoms with Gasteiger partial charge in [-0.3, -0.25) is 0 Å². The molecule has 57 heavy (non-hydrogen) atoms. The second kappa shape index (κ2) is 13.6. The second-order valence-electron chi connectivity index (χ2n) is 14.4. The standard InChI is InChI=1S/C53H34N2O2/c1-3-11-45-40(9-1)33-48(47-13-5-4-12-46(45)47)37-23-29-43(30-24-37)55(44-31-25-39(26-32-44)53-54-49-14-6-8-16-51(49)57-53)42-27-21-36(22-28-42)35-17-19-38(20-18-35)52-34-41-10-2-7-15-50(41)56-52/h1-34H. The fourth-order valence-electron chi connectivity index (χ4n) is 8.03. The Morgan fingerprint density at radius 1 is 0.351 bits per heavy atom. The lowest BCUT2D eigenvalue weighted by molar-refractivity contribution is 0.620. The van der Waals surface area contributed by atoms with E-state index < -0.39 is 0 Å². The molecule has 11 aromatic rings. The maximum atomic E-state index is 6.13. The van der Waals surface area contributed by atoms with E-state index in [9.17, 15) is 0 Å². The van der Waals surface area contributed by atoms with E-state index >= 15 is 0 Å². The number of hydrogen-bond acceptors (Lipinski definition) is 4. The third-order valence-electron chi connectivity index (χ3n) is 10.9. The molecule has 11 rings (SSSR count). The Hall–Kier alpha value is -7.69. The van der Waals surface area contributed by atoms with E-state index in [1.807, 2.05) is 42.5 Å². The largest absolute Gasteiger partial charge is 0.456 e. The molecule has 2 aromatic heterocycles. The van der Waals surface area contributed by atoms with E-state index in [1.54, 1.807) is 0 Å². The van der Waals surface area contributed by atoms with Crippen LogP contribution in [0.5, 0.6) is 0 Å². The van der Waals surface area contributed by atoms with Crippen LogP contribution < -0.4 is 4.90 Å². The van der Waals surface area contributed by atoms with Crippen molar-refractivity contribution in [1.82, 2.24) is 4.98 Å². The lowest BCUT2D eigenvalue weighted by Gasteiger charge is -2.26. The maximum absolute atomic E-state index is 6.13. The summed E-state index contributed by atoms with van der Waals surface area (Å²) in [7, 11) is 0. The Bertz CT molecular complexity index is 3150. The molecule has 0 bridgehead atoms. The highest BCUT2D eigenvalue weighted by atomic mass is 16.3. The normalized spacial score (nSPS) is 11.5. The zero-order chi connectivity index (χ0) is 37.7. The highest BCUT2D eigenvalue weighted by Gasteiger charge is 2.16. The molecule has 2 heterocycles. The van der Waals surface area contributed by atoms with Gasteiger partial charge in [0.05, 0.1) is 0 Å². The third kappa shape index (κ3) is 5.92. The number of aromatic nitrogens is 1. The summed E-state index contributed by atoms with van der Waals surface area (Å²) in [5.41, 5.74) is 12.3. The molecule has 0 aliphatic heterocycles. The minimum absolute atomic E-state index is 0.608. The summed E-state index contributed by atoms with van der Waals surface area (Å²) in [5.74, 6) is 1.48. The van der Waals surface area contributed by atoms with Gasteiger partial charge in [0.25, 0.3) is 0 Å². The van der Waals surface area contributed by atoms with Gasteiger partial charge < -0.3 is 13.7 Å². The Kier molecular flexibility index (Phi) is 7.78. The van der Waals surface area contributed by atoms with E-state index in [4.69, 9.17) is 13.8 Å². The van der Waals surface area contributed by atoms with Gasteiger partial charge in [-0.1, -0.05) is 127 Å². The van der Waals surface area contributed by atoms with Crippen molar-refractivity contribution in [3.05, 3.63) is 206 Å². The van der Waals surface area contributed by atoms with Gasteiger partial charge in [-0.2, -0.15) is 0 Å². The molecule has 0 unspecified atom stereocenters. The lowest BCUT2D eigenvalue weighted by atomic mass is 9.93. The Morgan fingerprint density at radius 2 is 0.860 bits per heavy atom. The summed E-state index contributed by atoms with van der Waals surface area (Å²) < 4.78 is 12.2. The average molecular weight is 731 g/mol. The molecule has 0 fully saturated rings. The summed E-state index contributed by atoms with van der Waals surface area (Å²) in [6.07, 6.45) is 0. The topological polar surface area (TPSA) is 42.4 Å². The first-order chi connectivity index (χ1) is 28.2. The third-order valence-corrected chi connectivity index (χ3v) is 10.9. The number of anilines is 3. The first-order valence-corrected chi connectivity index (χ1v) is 19.2. The van der Waals surface area contributed by atoms with Gasteiger partial charge in [0.1, 0.15) is 16.9 Å². The number of furan rings is 1. The fourth-order valence-corrected chi connectivity index (χ4v) is 8.03. The molecular formula is C53H34N2O2. The zero-order valence-electron chi connectivity index (χ0n) is 30.8. The highest BCUT2D eigenvalue weighted by molar-refractivity contribution is 6.13. The quantitative estimate of drug-likeness (QED) is 0.153. The molecule has 0 aliphatic carbocycles. The number of benzene rings is 9. The summed E-state index contributed by atoms with van der Waals surface area (Å²) in [6, 6.07) is 72.5. The van der Waals surface area contributed by atoms with E-state index in [1.165, 1.54) is 32.7 Å². The van der Waals surface area contributed by atoms with Crippen LogP contribution in [0.4, 0.5) is 17.1 Å². The van der Waals surface area contributed by atoms with Crippen LogP contribution in [0.3, 0.4) is 0 Å². The Balaban J connectivity index is 0.953. The predicted molar refractivity (Wildman–Crippen MR) is 235 cm³/mol. The zero-order valence-corrected chi connectivity index (χ0v) is 30.8. The summed E-state index contributed by atoms with van der Waals surface area (Å²) in [4.78, 5) is 7.04. The van der Waals surface area contributed by atoms with Crippen LogP contribution in [0, 0.1) is 0 Å². The van der Waals surface area contributed by atoms with Crippen LogP contribution >= 0.6 is 0 Å². The van der Waals surface area contributed by atoms with Crippen molar-refractivity contribution >= 4 is 60.7 Å². The summed E-state index contributed by atoms with van der Waals surface area (Å²) in [5, 5.41) is 6.12. The minimum Gasteiger partial charge on any atom is -0.456 e. The number of para-hydroxylation sites is 3. The summed E-state index contributed by atoms with van der Waals surface area (Å²) >= 11 is 0. The van der Waals surface area contributed by atoms with E-state index in [-0.39, 0.29) is 0 Å². The Morgan fingerprint density at radius 3 is 1.53 bits per heavy atom. The van der Waals surface area contributed by atoms with E-state index in [0.29, 0.717) is 5.89 Å². The molecule has 0 spiro atoms. The smallest absolute Gasteiger partial charge is 0.227 e. The van der Waals surface area contributed by atoms with Crippen molar-refractivity contribution in [3.63, 3.8) is 0 Å². The molecule has 4 nitrogen and oxygen atoms in total. The van der Waals surface area contributed by atoms with Crippen LogP contribution in [-0.4, -0.2) is 4.98 Å².